The molecule has 1 amide bonds. The van der Waals surface area contributed by atoms with Crippen molar-refractivity contribution in [2.45, 2.75) is 37.8 Å². The molecular formula is C16H22ClN3O. The zero-order chi connectivity index (χ0) is 14.8. The van der Waals surface area contributed by atoms with E-state index in [2.05, 4.69) is 22.3 Å². The molecule has 3 rings (SSSR count). The normalized spacial score (nSPS) is 23.2. The fourth-order valence-electron chi connectivity index (χ4n) is 3.52. The van der Waals surface area contributed by atoms with Gasteiger partial charge in [0.1, 0.15) is 0 Å². The fraction of sp³-hybridized carbons (Fsp3) is 0.562. The van der Waals surface area contributed by atoms with Crippen molar-refractivity contribution in [3.05, 3.63) is 34.3 Å². The van der Waals surface area contributed by atoms with E-state index in [1.165, 1.54) is 11.1 Å². The lowest BCUT2D eigenvalue weighted by molar-refractivity contribution is -0.119. The summed E-state index contributed by atoms with van der Waals surface area (Å²) < 4.78 is 0. The van der Waals surface area contributed by atoms with Gasteiger partial charge in [0.15, 0.2) is 0 Å². The van der Waals surface area contributed by atoms with Crippen molar-refractivity contribution in [2.75, 3.05) is 19.6 Å². The zero-order valence-electron chi connectivity index (χ0n) is 12.1. The second-order valence-corrected chi connectivity index (χ2v) is 6.64. The van der Waals surface area contributed by atoms with Gasteiger partial charge in [-0.25, -0.2) is 0 Å². The Morgan fingerprint density at radius 1 is 1.24 bits per heavy atom. The first-order valence-electron chi connectivity index (χ1n) is 7.64. The summed E-state index contributed by atoms with van der Waals surface area (Å²) in [7, 11) is 0. The number of fused-ring (bicyclic) bond motifs is 1. The summed E-state index contributed by atoms with van der Waals surface area (Å²) in [5, 5.41) is 4.60. The second-order valence-electron chi connectivity index (χ2n) is 6.20. The highest BCUT2D eigenvalue weighted by Crippen LogP contribution is 2.26. The summed E-state index contributed by atoms with van der Waals surface area (Å²) >= 11 is 6.06. The minimum atomic E-state index is -0.232. The van der Waals surface area contributed by atoms with E-state index in [-0.39, 0.29) is 5.91 Å². The highest BCUT2D eigenvalue weighted by molar-refractivity contribution is 6.30. The van der Waals surface area contributed by atoms with Gasteiger partial charge in [-0.3, -0.25) is 9.69 Å². The van der Waals surface area contributed by atoms with Gasteiger partial charge in [-0.2, -0.15) is 0 Å². The molecule has 2 aliphatic rings. The van der Waals surface area contributed by atoms with Crippen LogP contribution >= 0.6 is 11.6 Å². The van der Waals surface area contributed by atoms with Crippen LogP contribution in [0.4, 0.5) is 0 Å². The predicted molar refractivity (Wildman–Crippen MR) is 84.4 cm³/mol. The molecule has 1 saturated heterocycles. The number of amides is 1. The van der Waals surface area contributed by atoms with E-state index in [0.29, 0.717) is 18.6 Å². The lowest BCUT2D eigenvalue weighted by Crippen LogP contribution is -2.48. The quantitative estimate of drug-likeness (QED) is 0.883. The molecule has 0 bridgehead atoms. The molecule has 0 aromatic heterocycles. The number of halogens is 1. The van der Waals surface area contributed by atoms with Crippen molar-refractivity contribution in [2.24, 2.45) is 5.73 Å². The number of nitrogens with zero attached hydrogens (tertiary/aromatic N) is 1. The minimum Gasteiger partial charge on any atom is -0.369 e. The number of hydrogen-bond donors (Lipinski definition) is 2. The molecule has 1 aliphatic heterocycles. The molecule has 1 heterocycles. The summed E-state index contributed by atoms with van der Waals surface area (Å²) in [6.45, 7) is 2.29. The summed E-state index contributed by atoms with van der Waals surface area (Å²) in [5.41, 5.74) is 8.04. The first-order chi connectivity index (χ1) is 10.1. The lowest BCUT2D eigenvalue weighted by atomic mass is 10.0. The van der Waals surface area contributed by atoms with Crippen LogP contribution in [0.2, 0.25) is 5.02 Å². The third-order valence-corrected chi connectivity index (χ3v) is 4.77. The predicted octanol–water partition coefficient (Wildman–Crippen LogP) is 1.35. The molecule has 3 N–H and O–H groups in total. The minimum absolute atomic E-state index is 0.232. The van der Waals surface area contributed by atoms with Crippen molar-refractivity contribution in [3.63, 3.8) is 0 Å². The summed E-state index contributed by atoms with van der Waals surface area (Å²) in [4.78, 5) is 13.1. The highest BCUT2D eigenvalue weighted by Gasteiger charge is 2.26. The van der Waals surface area contributed by atoms with Gasteiger partial charge in [0.25, 0.3) is 0 Å². The first kappa shape index (κ1) is 14.8. The molecule has 1 atom stereocenters. The number of piperidine rings is 1. The average molecular weight is 308 g/mol. The summed E-state index contributed by atoms with van der Waals surface area (Å²) in [6, 6.07) is 7.28. The number of nitrogens with two attached hydrogens (primary N) is 1. The number of primary amides is 1. The van der Waals surface area contributed by atoms with Crippen LogP contribution in [0.25, 0.3) is 0 Å². The summed E-state index contributed by atoms with van der Waals surface area (Å²) in [6.07, 6.45) is 4.33. The second kappa shape index (κ2) is 6.34. The number of rotatable bonds is 4. The highest BCUT2D eigenvalue weighted by atomic mass is 35.5. The Labute approximate surface area is 130 Å². The van der Waals surface area contributed by atoms with Gasteiger partial charge in [-0.1, -0.05) is 17.7 Å². The molecule has 21 heavy (non-hydrogen) atoms. The maximum absolute atomic E-state index is 10.9. The Balaban J connectivity index is 1.48. The van der Waals surface area contributed by atoms with E-state index in [9.17, 15) is 4.79 Å². The molecule has 1 unspecified atom stereocenters. The monoisotopic (exact) mass is 307 g/mol. The molecule has 0 saturated carbocycles. The van der Waals surface area contributed by atoms with Crippen LogP contribution in [0.3, 0.4) is 0 Å². The first-order valence-corrected chi connectivity index (χ1v) is 8.02. The Morgan fingerprint density at radius 2 is 1.95 bits per heavy atom. The number of carbonyl (C=O) groups is 1. The van der Waals surface area contributed by atoms with Gasteiger partial charge >= 0.3 is 0 Å². The molecule has 1 aromatic carbocycles. The zero-order valence-corrected chi connectivity index (χ0v) is 12.9. The maximum atomic E-state index is 10.9. The maximum Gasteiger partial charge on any atom is 0.231 e. The van der Waals surface area contributed by atoms with Crippen LogP contribution in [-0.2, 0) is 17.6 Å². The van der Waals surface area contributed by atoms with Crippen LogP contribution < -0.4 is 11.1 Å². The molecule has 0 radical (unpaired) electrons. The number of nitrogens with one attached hydrogen (secondary N) is 1. The van der Waals surface area contributed by atoms with Crippen LogP contribution in [-0.4, -0.2) is 42.5 Å². The molecule has 114 valence electrons. The topological polar surface area (TPSA) is 58.4 Å². The Bertz CT molecular complexity index is 526. The largest absolute Gasteiger partial charge is 0.369 e. The average Bonchev–Trinajstić information content (AvgIpc) is 2.82. The van der Waals surface area contributed by atoms with E-state index in [1.54, 1.807) is 0 Å². The Morgan fingerprint density at radius 3 is 2.67 bits per heavy atom. The van der Waals surface area contributed by atoms with Gasteiger partial charge in [0.2, 0.25) is 5.91 Å². The number of carbonyl (C=O) groups excluding carboxylic acids is 1. The fourth-order valence-corrected chi connectivity index (χ4v) is 3.71. The smallest absolute Gasteiger partial charge is 0.231 e. The third kappa shape index (κ3) is 3.76. The van der Waals surface area contributed by atoms with Crippen molar-refractivity contribution >= 4 is 17.5 Å². The van der Waals surface area contributed by atoms with E-state index in [4.69, 9.17) is 17.3 Å². The molecule has 1 aromatic rings. The van der Waals surface area contributed by atoms with Crippen molar-refractivity contribution in [1.29, 1.82) is 0 Å². The van der Waals surface area contributed by atoms with Gasteiger partial charge in [-0.15, -0.1) is 0 Å². The molecular weight excluding hydrogens is 286 g/mol. The standard InChI is InChI=1S/C16H22ClN3O/c17-13-2-1-11-8-15(9-12(11)7-13)19-14-3-5-20(6-4-14)10-16(18)21/h1-2,7,14-15,19H,3-6,8-10H2,(H2,18,21). The van der Waals surface area contributed by atoms with Crippen LogP contribution in [0.5, 0.6) is 0 Å². The molecule has 4 nitrogen and oxygen atoms in total. The van der Waals surface area contributed by atoms with Crippen LogP contribution in [0, 0.1) is 0 Å². The lowest BCUT2D eigenvalue weighted by Gasteiger charge is -2.33. The van der Waals surface area contributed by atoms with E-state index in [1.807, 2.05) is 6.07 Å². The van der Waals surface area contributed by atoms with Gasteiger partial charge in [0, 0.05) is 30.2 Å². The molecule has 1 fully saturated rings. The number of likely N-dealkylation sites (tertiary alicyclic amines) is 1. The van der Waals surface area contributed by atoms with E-state index >= 15 is 0 Å². The number of benzene rings is 1. The summed E-state index contributed by atoms with van der Waals surface area (Å²) in [5.74, 6) is -0.232. The Hall–Kier alpha value is -1.10. The van der Waals surface area contributed by atoms with Crippen molar-refractivity contribution < 1.29 is 4.79 Å². The van der Waals surface area contributed by atoms with Crippen molar-refractivity contribution in [1.82, 2.24) is 10.2 Å². The van der Waals surface area contributed by atoms with Gasteiger partial charge in [-0.05, 0) is 48.9 Å². The molecule has 5 heteroatoms. The van der Waals surface area contributed by atoms with Gasteiger partial charge < -0.3 is 11.1 Å². The van der Waals surface area contributed by atoms with Crippen LogP contribution in [0.15, 0.2) is 18.2 Å². The van der Waals surface area contributed by atoms with E-state index in [0.717, 1.165) is 43.8 Å². The van der Waals surface area contributed by atoms with Crippen LogP contribution in [0.1, 0.15) is 24.0 Å². The number of hydrogen-bond acceptors (Lipinski definition) is 3. The van der Waals surface area contributed by atoms with Crippen molar-refractivity contribution in [3.8, 4) is 0 Å². The SMILES string of the molecule is NC(=O)CN1CCC(NC2Cc3ccc(Cl)cc3C2)CC1. The molecule has 0 spiro atoms. The molecule has 1 aliphatic carbocycles. The third-order valence-electron chi connectivity index (χ3n) is 4.54. The Kier molecular flexibility index (Phi) is 4.48. The van der Waals surface area contributed by atoms with E-state index < -0.39 is 0 Å². The van der Waals surface area contributed by atoms with Gasteiger partial charge in [0.05, 0.1) is 6.54 Å².